The number of carboxylic acid groups (broad SMARTS) is 1. The average Bonchev–Trinajstić information content (AvgIpc) is 2.29. The van der Waals surface area contributed by atoms with Gasteiger partial charge in [0.05, 0.1) is 5.92 Å². The van der Waals surface area contributed by atoms with E-state index in [1.54, 1.807) is 12.3 Å². The van der Waals surface area contributed by atoms with Crippen LogP contribution in [0.4, 0.5) is 5.95 Å². The molecule has 0 amide bonds. The predicted octanol–water partition coefficient (Wildman–Crippen LogP) is 1.08. The lowest BCUT2D eigenvalue weighted by Gasteiger charge is -2.26. The molecule has 0 radical (unpaired) electrons. The molecular formula is C11H15N3O3. The van der Waals surface area contributed by atoms with Gasteiger partial charge >= 0.3 is 5.97 Å². The van der Waals surface area contributed by atoms with Crippen molar-refractivity contribution in [2.75, 3.05) is 5.73 Å². The molecule has 1 fully saturated rings. The summed E-state index contributed by atoms with van der Waals surface area (Å²) in [6.07, 6.45) is 4.35. The molecule has 92 valence electrons. The smallest absolute Gasteiger partial charge is 0.306 e. The van der Waals surface area contributed by atoms with Gasteiger partial charge in [-0.05, 0) is 25.7 Å². The second kappa shape index (κ2) is 4.99. The number of aliphatic carboxylic acids is 1. The van der Waals surface area contributed by atoms with Gasteiger partial charge in [-0.3, -0.25) is 4.79 Å². The fourth-order valence-electron chi connectivity index (χ4n) is 2.02. The number of nitrogens with two attached hydrogens (primary N) is 1. The van der Waals surface area contributed by atoms with E-state index in [2.05, 4.69) is 9.97 Å². The number of carbonyl (C=O) groups is 1. The van der Waals surface area contributed by atoms with Gasteiger partial charge in [-0.1, -0.05) is 0 Å². The lowest BCUT2D eigenvalue weighted by Crippen LogP contribution is -2.28. The Morgan fingerprint density at radius 3 is 2.71 bits per heavy atom. The van der Waals surface area contributed by atoms with Crippen LogP contribution in [0.2, 0.25) is 0 Å². The molecular weight excluding hydrogens is 222 g/mol. The van der Waals surface area contributed by atoms with Crippen LogP contribution in [0.15, 0.2) is 12.3 Å². The second-order valence-electron chi connectivity index (χ2n) is 4.18. The highest BCUT2D eigenvalue weighted by Crippen LogP contribution is 2.27. The quantitative estimate of drug-likeness (QED) is 0.816. The van der Waals surface area contributed by atoms with Gasteiger partial charge in [0.15, 0.2) is 0 Å². The van der Waals surface area contributed by atoms with Crippen LogP contribution in [-0.4, -0.2) is 27.1 Å². The van der Waals surface area contributed by atoms with Gasteiger partial charge in [0.25, 0.3) is 0 Å². The van der Waals surface area contributed by atoms with E-state index >= 15 is 0 Å². The molecule has 0 bridgehead atoms. The highest BCUT2D eigenvalue weighted by molar-refractivity contribution is 5.70. The highest BCUT2D eigenvalue weighted by Gasteiger charge is 2.27. The molecule has 3 N–H and O–H groups in total. The van der Waals surface area contributed by atoms with E-state index in [1.165, 1.54) is 0 Å². The van der Waals surface area contributed by atoms with Crippen molar-refractivity contribution in [2.45, 2.75) is 31.8 Å². The summed E-state index contributed by atoms with van der Waals surface area (Å²) in [5, 5.41) is 8.87. The first kappa shape index (κ1) is 11.6. The van der Waals surface area contributed by atoms with E-state index in [0.29, 0.717) is 18.7 Å². The second-order valence-corrected chi connectivity index (χ2v) is 4.18. The summed E-state index contributed by atoms with van der Waals surface area (Å²) in [4.78, 5) is 18.5. The first-order valence-corrected chi connectivity index (χ1v) is 5.63. The van der Waals surface area contributed by atoms with E-state index < -0.39 is 5.97 Å². The molecule has 0 aromatic carbocycles. The molecule has 1 aromatic rings. The molecule has 1 aromatic heterocycles. The van der Waals surface area contributed by atoms with Crippen LogP contribution in [0, 0.1) is 5.92 Å². The minimum Gasteiger partial charge on any atom is -0.481 e. The van der Waals surface area contributed by atoms with Crippen molar-refractivity contribution in [1.82, 2.24) is 9.97 Å². The number of nitrogens with zero attached hydrogens (tertiary/aromatic N) is 2. The number of rotatable bonds is 3. The van der Waals surface area contributed by atoms with Gasteiger partial charge in [-0.15, -0.1) is 0 Å². The summed E-state index contributed by atoms with van der Waals surface area (Å²) in [5.74, 6) is -0.307. The van der Waals surface area contributed by atoms with Gasteiger partial charge in [0.1, 0.15) is 6.10 Å². The van der Waals surface area contributed by atoms with Crippen molar-refractivity contribution in [3.63, 3.8) is 0 Å². The Hall–Kier alpha value is -1.85. The first-order valence-electron chi connectivity index (χ1n) is 5.63. The molecule has 6 nitrogen and oxygen atoms in total. The predicted molar refractivity (Wildman–Crippen MR) is 60.5 cm³/mol. The van der Waals surface area contributed by atoms with E-state index in [0.717, 1.165) is 12.8 Å². The van der Waals surface area contributed by atoms with Crippen molar-refractivity contribution in [3.05, 3.63) is 12.3 Å². The molecule has 0 saturated heterocycles. The average molecular weight is 237 g/mol. The minimum absolute atomic E-state index is 0.0277. The summed E-state index contributed by atoms with van der Waals surface area (Å²) in [7, 11) is 0. The van der Waals surface area contributed by atoms with E-state index in [1.807, 2.05) is 0 Å². The molecule has 0 spiro atoms. The molecule has 1 aliphatic rings. The zero-order valence-corrected chi connectivity index (χ0v) is 9.37. The monoisotopic (exact) mass is 237 g/mol. The number of nitrogen functional groups attached to an aromatic ring is 1. The van der Waals surface area contributed by atoms with Gasteiger partial charge in [0.2, 0.25) is 11.8 Å². The summed E-state index contributed by atoms with van der Waals surface area (Å²) in [6, 6.07) is 1.65. The Balaban J connectivity index is 1.88. The van der Waals surface area contributed by atoms with Crippen LogP contribution in [-0.2, 0) is 4.79 Å². The Bertz CT molecular complexity index is 403. The number of carboxylic acids is 1. The Morgan fingerprint density at radius 1 is 1.41 bits per heavy atom. The molecule has 0 aliphatic heterocycles. The summed E-state index contributed by atoms with van der Waals surface area (Å²) in [6.45, 7) is 0. The highest BCUT2D eigenvalue weighted by atomic mass is 16.5. The van der Waals surface area contributed by atoms with Gasteiger partial charge < -0.3 is 15.6 Å². The Labute approximate surface area is 98.8 Å². The molecule has 1 aliphatic carbocycles. The fraction of sp³-hybridized carbons (Fsp3) is 0.545. The van der Waals surface area contributed by atoms with Crippen molar-refractivity contribution in [3.8, 4) is 5.88 Å². The van der Waals surface area contributed by atoms with E-state index in [-0.39, 0.29) is 18.0 Å². The fourth-order valence-corrected chi connectivity index (χ4v) is 2.02. The number of anilines is 1. The SMILES string of the molecule is Nc1nccc(O[C@H]2CC[C@H](C(=O)O)CC2)n1. The lowest BCUT2D eigenvalue weighted by molar-refractivity contribution is -0.143. The summed E-state index contributed by atoms with van der Waals surface area (Å²) < 4.78 is 5.64. The van der Waals surface area contributed by atoms with Crippen LogP contribution < -0.4 is 10.5 Å². The normalized spacial score (nSPS) is 24.2. The first-order chi connectivity index (χ1) is 8.15. The maximum absolute atomic E-state index is 10.8. The molecule has 1 heterocycles. The zero-order chi connectivity index (χ0) is 12.3. The van der Waals surface area contributed by atoms with Crippen LogP contribution in [0.1, 0.15) is 25.7 Å². The maximum Gasteiger partial charge on any atom is 0.306 e. The molecule has 0 unspecified atom stereocenters. The van der Waals surface area contributed by atoms with Crippen molar-refractivity contribution in [1.29, 1.82) is 0 Å². The van der Waals surface area contributed by atoms with Gasteiger partial charge in [-0.25, -0.2) is 4.98 Å². The molecule has 6 heteroatoms. The van der Waals surface area contributed by atoms with Crippen molar-refractivity contribution >= 4 is 11.9 Å². The summed E-state index contributed by atoms with van der Waals surface area (Å²) in [5.41, 5.74) is 5.45. The topological polar surface area (TPSA) is 98.3 Å². The standard InChI is InChI=1S/C11H15N3O3/c12-11-13-6-5-9(14-11)17-8-3-1-7(2-4-8)10(15)16/h5-8H,1-4H2,(H,15,16)(H2,12,13,14)/t7-,8-. The van der Waals surface area contributed by atoms with Crippen molar-refractivity contribution < 1.29 is 14.6 Å². The molecule has 0 atom stereocenters. The van der Waals surface area contributed by atoms with Crippen LogP contribution >= 0.6 is 0 Å². The van der Waals surface area contributed by atoms with Crippen LogP contribution in [0.25, 0.3) is 0 Å². The zero-order valence-electron chi connectivity index (χ0n) is 9.37. The lowest BCUT2D eigenvalue weighted by atomic mass is 9.87. The largest absolute Gasteiger partial charge is 0.481 e. The number of hydrogen-bond acceptors (Lipinski definition) is 5. The molecule has 1 saturated carbocycles. The minimum atomic E-state index is -0.713. The van der Waals surface area contributed by atoms with Gasteiger partial charge in [-0.2, -0.15) is 4.98 Å². The van der Waals surface area contributed by atoms with Gasteiger partial charge in [0, 0.05) is 12.3 Å². The van der Waals surface area contributed by atoms with Crippen LogP contribution in [0.5, 0.6) is 5.88 Å². The Morgan fingerprint density at radius 2 is 2.12 bits per heavy atom. The van der Waals surface area contributed by atoms with E-state index in [4.69, 9.17) is 15.6 Å². The van der Waals surface area contributed by atoms with Crippen molar-refractivity contribution in [2.24, 2.45) is 5.92 Å². The number of ether oxygens (including phenoxy) is 1. The third kappa shape index (κ3) is 3.05. The summed E-state index contributed by atoms with van der Waals surface area (Å²) >= 11 is 0. The number of aromatic nitrogens is 2. The molecule has 2 rings (SSSR count). The molecule has 17 heavy (non-hydrogen) atoms. The third-order valence-corrected chi connectivity index (χ3v) is 2.96. The van der Waals surface area contributed by atoms with E-state index in [9.17, 15) is 4.79 Å². The third-order valence-electron chi connectivity index (χ3n) is 2.96. The Kier molecular flexibility index (Phi) is 3.41. The van der Waals surface area contributed by atoms with Crippen LogP contribution in [0.3, 0.4) is 0 Å². The number of hydrogen-bond donors (Lipinski definition) is 2. The maximum atomic E-state index is 10.8.